The van der Waals surface area contributed by atoms with Crippen LogP contribution in [0.1, 0.15) is 21.5 Å². The molecule has 2 aromatic rings. The molecule has 104 valence electrons. The minimum absolute atomic E-state index is 0.110. The molecule has 0 spiro atoms. The molecular weight excluding hydrogens is 342 g/mol. The van der Waals surface area contributed by atoms with Gasteiger partial charge in [0.25, 0.3) is 0 Å². The highest BCUT2D eigenvalue weighted by atomic mass is 79.9. The van der Waals surface area contributed by atoms with Gasteiger partial charge in [0, 0.05) is 28.0 Å². The molecular formula is C13H6BrF4NO. The Morgan fingerprint density at radius 1 is 1.10 bits per heavy atom. The van der Waals surface area contributed by atoms with Crippen LogP contribution in [-0.4, -0.2) is 10.8 Å². The number of halogens is 5. The normalized spacial score (nSPS) is 11.4. The van der Waals surface area contributed by atoms with Crippen LogP contribution in [0.25, 0.3) is 0 Å². The number of carbonyl (C=O) groups excluding carboxylic acids is 1. The van der Waals surface area contributed by atoms with Crippen molar-refractivity contribution < 1.29 is 22.4 Å². The van der Waals surface area contributed by atoms with Crippen molar-refractivity contribution in [3.8, 4) is 0 Å². The molecule has 0 saturated heterocycles. The number of hydrogen-bond acceptors (Lipinski definition) is 2. The average molecular weight is 348 g/mol. The van der Waals surface area contributed by atoms with Crippen LogP contribution >= 0.6 is 15.9 Å². The summed E-state index contributed by atoms with van der Waals surface area (Å²) in [6.45, 7) is 0. The molecule has 0 radical (unpaired) electrons. The van der Waals surface area contributed by atoms with Crippen molar-refractivity contribution in [2.75, 3.05) is 0 Å². The molecule has 0 aliphatic rings. The maximum absolute atomic E-state index is 13.1. The Morgan fingerprint density at radius 2 is 1.80 bits per heavy atom. The minimum atomic E-state index is -4.85. The summed E-state index contributed by atoms with van der Waals surface area (Å²) in [4.78, 5) is 15.8. The molecule has 0 aliphatic carbocycles. The van der Waals surface area contributed by atoms with E-state index in [0.717, 1.165) is 6.07 Å². The number of hydrogen-bond donors (Lipinski definition) is 0. The number of benzene rings is 1. The predicted molar refractivity (Wildman–Crippen MR) is 66.8 cm³/mol. The van der Waals surface area contributed by atoms with E-state index in [4.69, 9.17) is 0 Å². The van der Waals surface area contributed by atoms with E-state index in [1.807, 2.05) is 0 Å². The van der Waals surface area contributed by atoms with E-state index in [1.54, 1.807) is 0 Å². The number of rotatable bonds is 2. The first kappa shape index (κ1) is 14.6. The van der Waals surface area contributed by atoms with Crippen molar-refractivity contribution in [1.29, 1.82) is 0 Å². The van der Waals surface area contributed by atoms with Gasteiger partial charge in [0.15, 0.2) is 5.78 Å². The highest BCUT2D eigenvalue weighted by Gasteiger charge is 2.34. The summed E-state index contributed by atoms with van der Waals surface area (Å²) in [5.74, 6) is -2.08. The van der Waals surface area contributed by atoms with Crippen molar-refractivity contribution in [3.05, 3.63) is 63.6 Å². The van der Waals surface area contributed by atoms with Crippen molar-refractivity contribution in [1.82, 2.24) is 4.98 Å². The van der Waals surface area contributed by atoms with Crippen molar-refractivity contribution >= 4 is 21.7 Å². The Labute approximate surface area is 119 Å². The predicted octanol–water partition coefficient (Wildman–Crippen LogP) is 4.23. The molecule has 0 fully saturated rings. The molecule has 0 aliphatic heterocycles. The molecule has 0 amide bonds. The van der Waals surface area contributed by atoms with Gasteiger partial charge in [0.2, 0.25) is 0 Å². The van der Waals surface area contributed by atoms with E-state index in [9.17, 15) is 22.4 Å². The number of ketones is 1. The molecule has 0 bridgehead atoms. The minimum Gasteiger partial charge on any atom is -0.289 e. The summed E-state index contributed by atoms with van der Waals surface area (Å²) in [6.07, 6.45) is -2.19. The third-order valence-corrected chi connectivity index (χ3v) is 2.93. The van der Waals surface area contributed by atoms with Gasteiger partial charge in [0.1, 0.15) is 5.82 Å². The zero-order valence-electron chi connectivity index (χ0n) is 9.71. The zero-order chi connectivity index (χ0) is 14.9. The maximum atomic E-state index is 13.1. The topological polar surface area (TPSA) is 30.0 Å². The summed E-state index contributed by atoms with van der Waals surface area (Å²) in [6, 6.07) is 3.56. The third kappa shape index (κ3) is 3.04. The summed E-state index contributed by atoms with van der Waals surface area (Å²) in [5, 5.41) is 0. The number of alkyl halides is 3. The maximum Gasteiger partial charge on any atom is 0.419 e. The lowest BCUT2D eigenvalue weighted by atomic mass is 10.0. The largest absolute Gasteiger partial charge is 0.419 e. The Morgan fingerprint density at radius 3 is 2.40 bits per heavy atom. The van der Waals surface area contributed by atoms with Crippen LogP contribution in [0, 0.1) is 5.82 Å². The Hall–Kier alpha value is -1.76. The van der Waals surface area contributed by atoms with Gasteiger partial charge in [-0.2, -0.15) is 13.2 Å². The summed E-state index contributed by atoms with van der Waals surface area (Å²) < 4.78 is 51.4. The fourth-order valence-electron chi connectivity index (χ4n) is 1.59. The number of pyridine rings is 1. The first-order valence-corrected chi connectivity index (χ1v) is 6.10. The summed E-state index contributed by atoms with van der Waals surface area (Å²) in [7, 11) is 0. The standard InChI is InChI=1S/C13H6BrF4NO/c14-9-3-8(5-19-6-9)12(20)7-1-2-11(15)10(4-7)13(16,17)18/h1-6H. The second kappa shape index (κ2) is 5.32. The van der Waals surface area contributed by atoms with Crippen LogP contribution < -0.4 is 0 Å². The van der Waals surface area contributed by atoms with Crippen LogP contribution in [0.2, 0.25) is 0 Å². The first-order valence-electron chi connectivity index (χ1n) is 5.31. The second-order valence-corrected chi connectivity index (χ2v) is 4.83. The van der Waals surface area contributed by atoms with Crippen LogP contribution in [-0.2, 0) is 6.18 Å². The second-order valence-electron chi connectivity index (χ2n) is 3.91. The molecule has 2 nitrogen and oxygen atoms in total. The van der Waals surface area contributed by atoms with Crippen LogP contribution in [0.5, 0.6) is 0 Å². The fraction of sp³-hybridized carbons (Fsp3) is 0.0769. The van der Waals surface area contributed by atoms with E-state index >= 15 is 0 Å². The highest BCUT2D eigenvalue weighted by molar-refractivity contribution is 9.10. The molecule has 1 aromatic heterocycles. The van der Waals surface area contributed by atoms with Gasteiger partial charge in [-0.1, -0.05) is 0 Å². The van der Waals surface area contributed by atoms with Gasteiger partial charge < -0.3 is 0 Å². The third-order valence-electron chi connectivity index (χ3n) is 2.50. The lowest BCUT2D eigenvalue weighted by molar-refractivity contribution is -0.140. The number of aromatic nitrogens is 1. The van der Waals surface area contributed by atoms with Crippen LogP contribution in [0.15, 0.2) is 41.1 Å². The fourth-order valence-corrected chi connectivity index (χ4v) is 1.95. The molecule has 0 N–H and O–H groups in total. The van der Waals surface area contributed by atoms with Crippen molar-refractivity contribution in [3.63, 3.8) is 0 Å². The summed E-state index contributed by atoms with van der Waals surface area (Å²) >= 11 is 3.11. The van der Waals surface area contributed by atoms with E-state index in [0.29, 0.717) is 16.6 Å². The molecule has 1 heterocycles. The zero-order valence-corrected chi connectivity index (χ0v) is 11.3. The molecule has 7 heteroatoms. The molecule has 20 heavy (non-hydrogen) atoms. The van der Waals surface area contributed by atoms with Gasteiger partial charge >= 0.3 is 6.18 Å². The molecule has 2 rings (SSSR count). The monoisotopic (exact) mass is 347 g/mol. The molecule has 1 aromatic carbocycles. The van der Waals surface area contributed by atoms with E-state index in [2.05, 4.69) is 20.9 Å². The SMILES string of the molecule is O=C(c1cncc(Br)c1)c1ccc(F)c(C(F)(F)F)c1. The lowest BCUT2D eigenvalue weighted by Crippen LogP contribution is -2.11. The van der Waals surface area contributed by atoms with E-state index in [-0.39, 0.29) is 11.1 Å². The van der Waals surface area contributed by atoms with Crippen molar-refractivity contribution in [2.24, 2.45) is 0 Å². The van der Waals surface area contributed by atoms with Gasteiger partial charge in [-0.3, -0.25) is 9.78 Å². The van der Waals surface area contributed by atoms with Gasteiger partial charge in [0.05, 0.1) is 5.56 Å². The Bertz CT molecular complexity index is 670. The Kier molecular flexibility index (Phi) is 3.89. The molecule has 0 unspecified atom stereocenters. The van der Waals surface area contributed by atoms with E-state index in [1.165, 1.54) is 18.5 Å². The van der Waals surface area contributed by atoms with Gasteiger partial charge in [-0.15, -0.1) is 0 Å². The molecule has 0 saturated carbocycles. The van der Waals surface area contributed by atoms with Crippen LogP contribution in [0.4, 0.5) is 17.6 Å². The van der Waals surface area contributed by atoms with Gasteiger partial charge in [-0.25, -0.2) is 4.39 Å². The number of carbonyl (C=O) groups is 1. The Balaban J connectivity index is 2.46. The quantitative estimate of drug-likeness (QED) is 0.601. The first-order chi connectivity index (χ1) is 9.29. The average Bonchev–Trinajstić information content (AvgIpc) is 2.37. The van der Waals surface area contributed by atoms with E-state index < -0.39 is 23.3 Å². The lowest BCUT2D eigenvalue weighted by Gasteiger charge is -2.09. The number of nitrogens with zero attached hydrogens (tertiary/aromatic N) is 1. The molecule has 0 atom stereocenters. The smallest absolute Gasteiger partial charge is 0.289 e. The van der Waals surface area contributed by atoms with Crippen molar-refractivity contribution in [2.45, 2.75) is 6.18 Å². The highest BCUT2D eigenvalue weighted by Crippen LogP contribution is 2.32. The van der Waals surface area contributed by atoms with Crippen LogP contribution in [0.3, 0.4) is 0 Å². The summed E-state index contributed by atoms with van der Waals surface area (Å²) in [5.41, 5.74) is -1.61. The van der Waals surface area contributed by atoms with Gasteiger partial charge in [-0.05, 0) is 40.2 Å².